The quantitative estimate of drug-likeness (QED) is 0.464. The number of rotatable bonds is 7. The van der Waals surface area contributed by atoms with Gasteiger partial charge in [0.25, 0.3) is 0 Å². The molecule has 29 heavy (non-hydrogen) atoms. The lowest BCUT2D eigenvalue weighted by molar-refractivity contribution is -0.139. The van der Waals surface area contributed by atoms with Crippen LogP contribution in [0.15, 0.2) is 54.6 Å². The summed E-state index contributed by atoms with van der Waals surface area (Å²) in [4.78, 5) is 24.0. The molecule has 9 heteroatoms. The smallest absolute Gasteiger partial charge is 0.331 e. The maximum Gasteiger partial charge on any atom is 0.331 e. The summed E-state index contributed by atoms with van der Waals surface area (Å²) < 4.78 is 23.6. The van der Waals surface area contributed by atoms with Gasteiger partial charge in [0.2, 0.25) is 11.9 Å². The van der Waals surface area contributed by atoms with Crippen LogP contribution in [0, 0.1) is 5.82 Å². The van der Waals surface area contributed by atoms with Crippen LogP contribution in [0.4, 0.5) is 22.0 Å². The molecule has 0 aliphatic heterocycles. The highest BCUT2D eigenvalue weighted by atomic mass is 19.1. The van der Waals surface area contributed by atoms with Gasteiger partial charge in [-0.1, -0.05) is 24.3 Å². The number of para-hydroxylation sites is 1. The van der Waals surface area contributed by atoms with Crippen molar-refractivity contribution in [3.05, 3.63) is 71.8 Å². The van der Waals surface area contributed by atoms with E-state index in [-0.39, 0.29) is 30.1 Å². The zero-order valence-electron chi connectivity index (χ0n) is 15.5. The van der Waals surface area contributed by atoms with Gasteiger partial charge in [-0.2, -0.15) is 15.0 Å². The molecule has 3 rings (SSSR count). The van der Waals surface area contributed by atoms with Crippen molar-refractivity contribution < 1.29 is 18.7 Å². The highest BCUT2D eigenvalue weighted by Gasteiger charge is 2.08. The summed E-state index contributed by atoms with van der Waals surface area (Å²) in [6.45, 7) is -0.198. The zero-order valence-corrected chi connectivity index (χ0v) is 15.5. The Hall–Kier alpha value is -4.01. The van der Waals surface area contributed by atoms with Crippen molar-refractivity contribution >= 4 is 29.6 Å². The first-order valence-corrected chi connectivity index (χ1v) is 8.54. The normalized spacial score (nSPS) is 10.7. The van der Waals surface area contributed by atoms with Gasteiger partial charge in [0.05, 0.1) is 7.11 Å². The first-order valence-electron chi connectivity index (χ1n) is 8.54. The van der Waals surface area contributed by atoms with Gasteiger partial charge < -0.3 is 20.5 Å². The molecule has 0 unspecified atom stereocenters. The van der Waals surface area contributed by atoms with Crippen LogP contribution >= 0.6 is 0 Å². The number of halogens is 1. The topological polar surface area (TPSA) is 112 Å². The molecule has 0 amide bonds. The van der Waals surface area contributed by atoms with Crippen LogP contribution in [0.1, 0.15) is 11.4 Å². The molecule has 0 fully saturated rings. The predicted molar refractivity (Wildman–Crippen MR) is 106 cm³/mol. The van der Waals surface area contributed by atoms with E-state index in [1.165, 1.54) is 31.4 Å². The second-order valence-electron chi connectivity index (χ2n) is 5.76. The Labute approximate surface area is 166 Å². The third-order valence-corrected chi connectivity index (χ3v) is 3.66. The fourth-order valence-corrected chi connectivity index (χ4v) is 2.34. The highest BCUT2D eigenvalue weighted by Crippen LogP contribution is 2.18. The van der Waals surface area contributed by atoms with Gasteiger partial charge in [-0.3, -0.25) is 0 Å². The van der Waals surface area contributed by atoms with Gasteiger partial charge in [0, 0.05) is 11.8 Å². The Balaban J connectivity index is 1.60. The summed E-state index contributed by atoms with van der Waals surface area (Å²) in [7, 11) is 1.38. The second kappa shape index (κ2) is 9.27. The van der Waals surface area contributed by atoms with Crippen LogP contribution in [0.5, 0.6) is 5.75 Å². The number of hydrogen-bond donors (Lipinski definition) is 2. The van der Waals surface area contributed by atoms with Gasteiger partial charge in [0.1, 0.15) is 0 Å². The number of nitrogens with zero attached hydrogens (tertiary/aromatic N) is 3. The predicted octanol–water partition coefficient (Wildman–Crippen LogP) is 3.10. The molecule has 0 atom stereocenters. The van der Waals surface area contributed by atoms with E-state index in [2.05, 4.69) is 20.3 Å². The van der Waals surface area contributed by atoms with Crippen molar-refractivity contribution in [3.63, 3.8) is 0 Å². The Morgan fingerprint density at radius 3 is 2.69 bits per heavy atom. The molecular weight excluding hydrogens is 377 g/mol. The lowest BCUT2D eigenvalue weighted by atomic mass is 10.2. The van der Waals surface area contributed by atoms with Crippen molar-refractivity contribution in [2.45, 2.75) is 6.61 Å². The average Bonchev–Trinajstić information content (AvgIpc) is 2.71. The fourth-order valence-electron chi connectivity index (χ4n) is 2.34. The minimum absolute atomic E-state index is 0.00581. The van der Waals surface area contributed by atoms with E-state index in [9.17, 15) is 9.18 Å². The number of nitrogen functional groups attached to an aromatic ring is 1. The molecule has 1 heterocycles. The zero-order chi connectivity index (χ0) is 20.6. The number of carbonyl (C=O) groups excluding carboxylic acids is 1. The van der Waals surface area contributed by atoms with Gasteiger partial charge >= 0.3 is 5.97 Å². The molecule has 0 aliphatic rings. The fraction of sp³-hybridized carbons (Fsp3) is 0.100. The lowest BCUT2D eigenvalue weighted by Crippen LogP contribution is -2.10. The summed E-state index contributed by atoms with van der Waals surface area (Å²) in [5.41, 5.74) is 6.95. The van der Waals surface area contributed by atoms with E-state index in [4.69, 9.17) is 15.2 Å². The standard InChI is InChI=1S/C20H18FN5O3/c1-28-16-9-7-13(11-15(16)21)8-10-18(27)29-12-17-24-19(22)26-20(25-17)23-14-5-3-2-4-6-14/h2-11H,12H2,1H3,(H3,22,23,24,25,26)/b10-8+. The third kappa shape index (κ3) is 5.73. The first kappa shape index (κ1) is 19.7. The number of hydrogen-bond acceptors (Lipinski definition) is 8. The number of carbonyl (C=O) groups is 1. The number of nitrogens with one attached hydrogen (secondary N) is 1. The summed E-state index contributed by atoms with van der Waals surface area (Å²) >= 11 is 0. The van der Waals surface area contributed by atoms with Crippen molar-refractivity contribution in [2.75, 3.05) is 18.2 Å². The number of methoxy groups -OCH3 is 1. The van der Waals surface area contributed by atoms with Crippen molar-refractivity contribution in [1.29, 1.82) is 0 Å². The number of ether oxygens (including phenoxy) is 2. The van der Waals surface area contributed by atoms with E-state index in [0.717, 1.165) is 5.69 Å². The summed E-state index contributed by atoms with van der Waals surface area (Å²) in [6.07, 6.45) is 2.60. The van der Waals surface area contributed by atoms with Gasteiger partial charge in [0.15, 0.2) is 24.0 Å². The Bertz CT molecular complexity index is 1030. The maximum absolute atomic E-state index is 13.7. The van der Waals surface area contributed by atoms with Gasteiger partial charge in [-0.15, -0.1) is 0 Å². The van der Waals surface area contributed by atoms with Gasteiger partial charge in [-0.25, -0.2) is 9.18 Å². The van der Waals surface area contributed by atoms with Crippen LogP contribution in [0.2, 0.25) is 0 Å². The van der Waals surface area contributed by atoms with Crippen molar-refractivity contribution in [3.8, 4) is 5.75 Å². The highest BCUT2D eigenvalue weighted by molar-refractivity contribution is 5.87. The molecule has 3 N–H and O–H groups in total. The minimum Gasteiger partial charge on any atom is -0.494 e. The molecule has 0 saturated heterocycles. The van der Waals surface area contributed by atoms with E-state index >= 15 is 0 Å². The molecule has 0 radical (unpaired) electrons. The summed E-state index contributed by atoms with van der Waals surface area (Å²) in [5, 5.41) is 2.99. The molecule has 1 aromatic heterocycles. The van der Waals surface area contributed by atoms with E-state index in [1.54, 1.807) is 6.07 Å². The Morgan fingerprint density at radius 2 is 1.97 bits per heavy atom. The number of benzene rings is 2. The maximum atomic E-state index is 13.7. The molecule has 2 aromatic carbocycles. The molecule has 0 saturated carbocycles. The van der Waals surface area contributed by atoms with E-state index in [0.29, 0.717) is 5.56 Å². The molecule has 148 valence electrons. The Morgan fingerprint density at radius 1 is 1.17 bits per heavy atom. The minimum atomic E-state index is -0.641. The van der Waals surface area contributed by atoms with Crippen LogP contribution < -0.4 is 15.8 Å². The molecule has 0 bridgehead atoms. The average molecular weight is 395 g/mol. The van der Waals surface area contributed by atoms with Crippen LogP contribution in [-0.2, 0) is 16.1 Å². The molecule has 0 aliphatic carbocycles. The second-order valence-corrected chi connectivity index (χ2v) is 5.76. The molecule has 0 spiro atoms. The monoisotopic (exact) mass is 395 g/mol. The third-order valence-electron chi connectivity index (χ3n) is 3.66. The van der Waals surface area contributed by atoms with E-state index < -0.39 is 11.8 Å². The largest absolute Gasteiger partial charge is 0.494 e. The Kier molecular flexibility index (Phi) is 6.31. The number of aromatic nitrogens is 3. The van der Waals surface area contributed by atoms with Crippen LogP contribution in [0.3, 0.4) is 0 Å². The molecule has 3 aromatic rings. The number of esters is 1. The number of anilines is 3. The van der Waals surface area contributed by atoms with Crippen molar-refractivity contribution in [2.24, 2.45) is 0 Å². The van der Waals surface area contributed by atoms with Crippen LogP contribution in [-0.4, -0.2) is 28.0 Å². The van der Waals surface area contributed by atoms with Crippen LogP contribution in [0.25, 0.3) is 6.08 Å². The summed E-state index contributed by atoms with van der Waals surface area (Å²) in [6, 6.07) is 13.6. The number of nitrogens with two attached hydrogens (primary N) is 1. The van der Waals surface area contributed by atoms with E-state index in [1.807, 2.05) is 30.3 Å². The molecular formula is C20H18FN5O3. The first-order chi connectivity index (χ1) is 14.0. The summed E-state index contributed by atoms with van der Waals surface area (Å²) in [5.74, 6) is -0.627. The lowest BCUT2D eigenvalue weighted by Gasteiger charge is -2.07. The van der Waals surface area contributed by atoms with Crippen molar-refractivity contribution in [1.82, 2.24) is 15.0 Å². The SMILES string of the molecule is COc1ccc(/C=C/C(=O)OCc2nc(N)nc(Nc3ccccc3)n2)cc1F. The molecule has 8 nitrogen and oxygen atoms in total. The van der Waals surface area contributed by atoms with Gasteiger partial charge in [-0.05, 0) is 35.9 Å².